The summed E-state index contributed by atoms with van der Waals surface area (Å²) in [6, 6.07) is 5.85. The Kier molecular flexibility index (Phi) is 5.33. The monoisotopic (exact) mass is 257 g/mol. The maximum Gasteiger partial charge on any atom is 0.0595 e. The van der Waals surface area contributed by atoms with Gasteiger partial charge in [0.2, 0.25) is 0 Å². The van der Waals surface area contributed by atoms with E-state index in [1.807, 2.05) is 25.1 Å². The average molecular weight is 258 g/mol. The van der Waals surface area contributed by atoms with Crippen LogP contribution in [0.2, 0.25) is 10.0 Å². The summed E-state index contributed by atoms with van der Waals surface area (Å²) in [6.07, 6.45) is 1.09. The first kappa shape index (κ1) is 13.6. The lowest BCUT2D eigenvalue weighted by Crippen LogP contribution is -2.22. The van der Waals surface area contributed by atoms with Crippen molar-refractivity contribution in [1.29, 1.82) is 0 Å². The molecule has 0 aromatic heterocycles. The summed E-state index contributed by atoms with van der Waals surface area (Å²) in [5.41, 5.74) is 2.18. The van der Waals surface area contributed by atoms with Crippen LogP contribution < -0.4 is 5.32 Å². The van der Waals surface area contributed by atoms with Gasteiger partial charge in [-0.25, -0.2) is 0 Å². The van der Waals surface area contributed by atoms with E-state index >= 15 is 0 Å². The molecule has 0 radical (unpaired) electrons. The molecule has 3 heteroatoms. The van der Waals surface area contributed by atoms with E-state index in [1.54, 1.807) is 0 Å². The zero-order valence-corrected chi connectivity index (χ0v) is 11.2. The van der Waals surface area contributed by atoms with E-state index in [1.165, 1.54) is 0 Å². The van der Waals surface area contributed by atoms with Crippen LogP contribution in [0, 0.1) is 0 Å². The van der Waals surface area contributed by atoms with Gasteiger partial charge in [0.1, 0.15) is 0 Å². The molecule has 0 heterocycles. The highest BCUT2D eigenvalue weighted by molar-refractivity contribution is 6.42. The van der Waals surface area contributed by atoms with Crippen molar-refractivity contribution in [3.8, 4) is 0 Å². The first-order valence-electron chi connectivity index (χ1n) is 5.40. The van der Waals surface area contributed by atoms with Gasteiger partial charge in [0.15, 0.2) is 0 Å². The number of hydrogen-bond acceptors (Lipinski definition) is 1. The Morgan fingerprint density at radius 1 is 1.38 bits per heavy atom. The molecule has 1 atom stereocenters. The third-order valence-corrected chi connectivity index (χ3v) is 3.11. The summed E-state index contributed by atoms with van der Waals surface area (Å²) >= 11 is 11.9. The number of nitrogens with one attached hydrogen (secondary N) is 1. The van der Waals surface area contributed by atoms with Gasteiger partial charge in [0, 0.05) is 0 Å². The van der Waals surface area contributed by atoms with E-state index in [0.717, 1.165) is 24.1 Å². The predicted molar refractivity (Wildman–Crippen MR) is 72.3 cm³/mol. The van der Waals surface area contributed by atoms with Gasteiger partial charge in [-0.05, 0) is 37.6 Å². The summed E-state index contributed by atoms with van der Waals surface area (Å²) in [5, 5.41) is 4.60. The van der Waals surface area contributed by atoms with Crippen molar-refractivity contribution in [1.82, 2.24) is 5.32 Å². The van der Waals surface area contributed by atoms with Crippen LogP contribution in [0.1, 0.15) is 31.9 Å². The molecule has 1 aromatic carbocycles. The number of rotatable bonds is 5. The highest BCUT2D eigenvalue weighted by Gasteiger charge is 2.12. The van der Waals surface area contributed by atoms with E-state index in [0.29, 0.717) is 10.0 Å². The topological polar surface area (TPSA) is 12.0 Å². The second-order valence-corrected chi connectivity index (χ2v) is 4.72. The molecule has 0 aliphatic carbocycles. The van der Waals surface area contributed by atoms with Crippen LogP contribution in [0.3, 0.4) is 0 Å². The Balaban J connectivity index is 2.92. The van der Waals surface area contributed by atoms with Gasteiger partial charge in [-0.3, -0.25) is 0 Å². The molecule has 0 saturated carbocycles. The van der Waals surface area contributed by atoms with Gasteiger partial charge in [-0.2, -0.15) is 0 Å². The van der Waals surface area contributed by atoms with Crippen LogP contribution in [0.25, 0.3) is 0 Å². The van der Waals surface area contributed by atoms with E-state index in [4.69, 9.17) is 23.2 Å². The van der Waals surface area contributed by atoms with Crippen molar-refractivity contribution in [2.45, 2.75) is 26.3 Å². The fourth-order valence-electron chi connectivity index (χ4n) is 1.56. The molecule has 0 aliphatic heterocycles. The Morgan fingerprint density at radius 3 is 2.56 bits per heavy atom. The normalized spacial score (nSPS) is 12.5. The third kappa shape index (κ3) is 3.51. The first-order chi connectivity index (χ1) is 7.56. The molecule has 0 fully saturated rings. The summed E-state index contributed by atoms with van der Waals surface area (Å²) in [5.74, 6) is 0. The molecule has 1 rings (SSSR count). The van der Waals surface area contributed by atoms with Crippen LogP contribution in [0.4, 0.5) is 0 Å². The minimum atomic E-state index is 0.148. The molecule has 0 bridgehead atoms. The number of halogens is 2. The van der Waals surface area contributed by atoms with Crippen LogP contribution in [0.5, 0.6) is 0 Å². The van der Waals surface area contributed by atoms with E-state index in [2.05, 4.69) is 18.8 Å². The molecule has 1 unspecified atom stereocenters. The lowest BCUT2D eigenvalue weighted by molar-refractivity contribution is 0.591. The molecule has 16 heavy (non-hydrogen) atoms. The average Bonchev–Trinajstić information content (AvgIpc) is 2.23. The van der Waals surface area contributed by atoms with Crippen LogP contribution in [0.15, 0.2) is 30.4 Å². The molecule has 1 N–H and O–H groups in total. The summed E-state index contributed by atoms with van der Waals surface area (Å²) in [7, 11) is 0. The Labute approximate surface area is 107 Å². The van der Waals surface area contributed by atoms with Crippen molar-refractivity contribution < 1.29 is 0 Å². The predicted octanol–water partition coefficient (Wildman–Crippen LogP) is 4.61. The second kappa shape index (κ2) is 6.29. The smallest absolute Gasteiger partial charge is 0.0595 e. The Bertz CT molecular complexity index is 374. The largest absolute Gasteiger partial charge is 0.307 e. The van der Waals surface area contributed by atoms with Gasteiger partial charge >= 0.3 is 0 Å². The van der Waals surface area contributed by atoms with Crippen molar-refractivity contribution in [2.75, 3.05) is 6.54 Å². The molecule has 1 nitrogen and oxygen atoms in total. The maximum absolute atomic E-state index is 6.01. The minimum Gasteiger partial charge on any atom is -0.307 e. The summed E-state index contributed by atoms with van der Waals surface area (Å²) < 4.78 is 0. The highest BCUT2D eigenvalue weighted by Crippen LogP contribution is 2.28. The lowest BCUT2D eigenvalue weighted by Gasteiger charge is -2.19. The SMILES string of the molecule is C=C(C)C(NCCC)c1ccc(Cl)c(Cl)c1. The molecule has 0 spiro atoms. The van der Waals surface area contributed by atoms with Crippen LogP contribution in [-0.4, -0.2) is 6.54 Å². The quantitative estimate of drug-likeness (QED) is 0.760. The molecular formula is C13H17Cl2N. The molecule has 0 saturated heterocycles. The van der Waals surface area contributed by atoms with Crippen molar-refractivity contribution in [2.24, 2.45) is 0 Å². The van der Waals surface area contributed by atoms with Crippen molar-refractivity contribution >= 4 is 23.2 Å². The molecule has 0 amide bonds. The summed E-state index contributed by atoms with van der Waals surface area (Å²) in [4.78, 5) is 0. The molecule has 88 valence electrons. The van der Waals surface area contributed by atoms with Gasteiger partial charge in [-0.15, -0.1) is 0 Å². The molecule has 0 aliphatic rings. The van der Waals surface area contributed by atoms with Gasteiger partial charge in [0.05, 0.1) is 16.1 Å². The van der Waals surface area contributed by atoms with Crippen molar-refractivity contribution in [3.63, 3.8) is 0 Å². The van der Waals surface area contributed by atoms with Crippen LogP contribution >= 0.6 is 23.2 Å². The molecular weight excluding hydrogens is 241 g/mol. The zero-order chi connectivity index (χ0) is 12.1. The summed E-state index contributed by atoms with van der Waals surface area (Å²) in [6.45, 7) is 9.10. The van der Waals surface area contributed by atoms with Crippen molar-refractivity contribution in [3.05, 3.63) is 46.0 Å². The third-order valence-electron chi connectivity index (χ3n) is 2.37. The van der Waals surface area contributed by atoms with E-state index in [-0.39, 0.29) is 6.04 Å². The van der Waals surface area contributed by atoms with Crippen LogP contribution in [-0.2, 0) is 0 Å². The fourth-order valence-corrected chi connectivity index (χ4v) is 1.86. The lowest BCUT2D eigenvalue weighted by atomic mass is 10.0. The Morgan fingerprint density at radius 2 is 2.06 bits per heavy atom. The minimum absolute atomic E-state index is 0.148. The fraction of sp³-hybridized carbons (Fsp3) is 0.385. The van der Waals surface area contributed by atoms with E-state index < -0.39 is 0 Å². The second-order valence-electron chi connectivity index (χ2n) is 3.91. The zero-order valence-electron chi connectivity index (χ0n) is 9.69. The number of benzene rings is 1. The van der Waals surface area contributed by atoms with Gasteiger partial charge in [0.25, 0.3) is 0 Å². The standard InChI is InChI=1S/C13H17Cl2N/c1-4-7-16-13(9(2)3)10-5-6-11(14)12(15)8-10/h5-6,8,13,16H,2,4,7H2,1,3H3. The van der Waals surface area contributed by atoms with E-state index in [9.17, 15) is 0 Å². The van der Waals surface area contributed by atoms with Gasteiger partial charge in [-0.1, -0.05) is 48.3 Å². The maximum atomic E-state index is 6.01. The Hall–Kier alpha value is -0.500. The first-order valence-corrected chi connectivity index (χ1v) is 6.15. The molecule has 1 aromatic rings. The highest BCUT2D eigenvalue weighted by atomic mass is 35.5. The number of hydrogen-bond donors (Lipinski definition) is 1. The van der Waals surface area contributed by atoms with Gasteiger partial charge < -0.3 is 5.32 Å².